The molecular formula is C28H29Cl2N3O4. The first kappa shape index (κ1) is 28.0. The van der Waals surface area contributed by atoms with E-state index in [0.29, 0.717) is 22.1 Å². The number of halogens is 2. The smallest absolute Gasteiger partial charge is 0.262 e. The van der Waals surface area contributed by atoms with Crippen molar-refractivity contribution in [3.05, 3.63) is 94.0 Å². The van der Waals surface area contributed by atoms with E-state index in [-0.39, 0.29) is 17.5 Å². The summed E-state index contributed by atoms with van der Waals surface area (Å²) in [5.74, 6) is -0.00433. The zero-order chi connectivity index (χ0) is 26.8. The molecule has 0 saturated carbocycles. The first-order chi connectivity index (χ1) is 17.7. The second-order valence-corrected chi connectivity index (χ2v) is 9.37. The highest BCUT2D eigenvalue weighted by molar-refractivity contribution is 6.35. The van der Waals surface area contributed by atoms with Gasteiger partial charge < -0.3 is 14.8 Å². The Bertz CT molecular complexity index is 1240. The summed E-state index contributed by atoms with van der Waals surface area (Å²) in [5, 5.41) is 7.58. The quantitative estimate of drug-likeness (QED) is 0.250. The summed E-state index contributed by atoms with van der Waals surface area (Å²) in [6, 6.07) is 20.6. The van der Waals surface area contributed by atoms with Gasteiger partial charge in [0.25, 0.3) is 11.8 Å². The Morgan fingerprint density at radius 3 is 2.30 bits per heavy atom. The summed E-state index contributed by atoms with van der Waals surface area (Å²) in [6.07, 6.45) is 0.829. The van der Waals surface area contributed by atoms with E-state index in [1.807, 2.05) is 68.4 Å². The Morgan fingerprint density at radius 1 is 0.892 bits per heavy atom. The van der Waals surface area contributed by atoms with Gasteiger partial charge in [-0.1, -0.05) is 65.7 Å². The maximum Gasteiger partial charge on any atom is 0.262 e. The monoisotopic (exact) mass is 541 g/mol. The molecule has 0 fully saturated rings. The van der Waals surface area contributed by atoms with Gasteiger partial charge in [-0.3, -0.25) is 9.59 Å². The van der Waals surface area contributed by atoms with Crippen LogP contribution in [0.4, 0.5) is 0 Å². The fourth-order valence-corrected chi connectivity index (χ4v) is 3.81. The average molecular weight is 542 g/mol. The second kappa shape index (κ2) is 13.7. The lowest BCUT2D eigenvalue weighted by molar-refractivity contribution is -0.132. The molecule has 0 aliphatic carbocycles. The molecule has 0 aliphatic heterocycles. The second-order valence-electron chi connectivity index (χ2n) is 8.52. The minimum absolute atomic E-state index is 0.0124. The molecule has 0 bridgehead atoms. The van der Waals surface area contributed by atoms with Crippen molar-refractivity contribution < 1.29 is 19.1 Å². The molecule has 2 N–H and O–H groups in total. The molecule has 0 spiro atoms. The Balaban J connectivity index is 1.70. The van der Waals surface area contributed by atoms with Gasteiger partial charge in [-0.25, -0.2) is 5.43 Å². The summed E-state index contributed by atoms with van der Waals surface area (Å²) >= 11 is 12.1. The van der Waals surface area contributed by atoms with E-state index < -0.39 is 24.0 Å². The summed E-state index contributed by atoms with van der Waals surface area (Å²) in [6.45, 7) is 5.43. The number of amides is 2. The third-order valence-electron chi connectivity index (χ3n) is 5.14. The van der Waals surface area contributed by atoms with E-state index in [4.69, 9.17) is 32.7 Å². The zero-order valence-corrected chi connectivity index (χ0v) is 22.3. The number of para-hydroxylation sites is 1. The number of benzene rings is 3. The van der Waals surface area contributed by atoms with Gasteiger partial charge in [-0.2, -0.15) is 5.10 Å². The molecule has 2 amide bonds. The standard InChI is InChI=1S/C28H29Cl2N3O4/c1-18(2)36-25-12-8-7-11-21(25)17-31-33-28(35)24(15-20-9-5-4-6-10-20)32-27(34)19(3)37-26-14-13-22(29)16-23(26)30/h4-14,16-19,24H,15H2,1-3H3,(H,32,34)(H,33,35)/b31-17-/t19-,24+/m0/s1. The Hall–Kier alpha value is -3.55. The fourth-order valence-electron chi connectivity index (χ4n) is 3.35. The number of rotatable bonds is 11. The van der Waals surface area contributed by atoms with Crippen LogP contribution >= 0.6 is 23.2 Å². The molecule has 0 aromatic heterocycles. The Kier molecular flexibility index (Phi) is 10.4. The Morgan fingerprint density at radius 2 is 1.59 bits per heavy atom. The zero-order valence-electron chi connectivity index (χ0n) is 20.8. The SMILES string of the molecule is CC(C)Oc1ccccc1/C=N\NC(=O)[C@@H](Cc1ccccc1)NC(=O)[C@H](C)Oc1ccc(Cl)cc1Cl. The van der Waals surface area contributed by atoms with Crippen molar-refractivity contribution in [2.75, 3.05) is 0 Å². The van der Waals surface area contributed by atoms with Crippen molar-refractivity contribution in [1.82, 2.24) is 10.7 Å². The molecule has 7 nitrogen and oxygen atoms in total. The Labute approximate surface area is 226 Å². The van der Waals surface area contributed by atoms with Gasteiger partial charge in [0.15, 0.2) is 6.10 Å². The van der Waals surface area contributed by atoms with E-state index in [1.165, 1.54) is 12.3 Å². The molecule has 0 heterocycles. The topological polar surface area (TPSA) is 89.0 Å². The van der Waals surface area contributed by atoms with Gasteiger partial charge in [0.2, 0.25) is 0 Å². The van der Waals surface area contributed by atoms with Crippen molar-refractivity contribution >= 4 is 41.2 Å². The fraction of sp³-hybridized carbons (Fsp3) is 0.250. The van der Waals surface area contributed by atoms with Crippen LogP contribution in [0.15, 0.2) is 77.9 Å². The van der Waals surface area contributed by atoms with Gasteiger partial charge in [0, 0.05) is 17.0 Å². The molecule has 3 aromatic rings. The minimum atomic E-state index is -0.923. The largest absolute Gasteiger partial charge is 0.490 e. The molecular weight excluding hydrogens is 513 g/mol. The third kappa shape index (κ3) is 8.81. The predicted octanol–water partition coefficient (Wildman–Crippen LogP) is 5.43. The van der Waals surface area contributed by atoms with Crippen molar-refractivity contribution in [2.24, 2.45) is 5.10 Å². The highest BCUT2D eigenvalue weighted by Gasteiger charge is 2.25. The molecule has 3 aromatic carbocycles. The molecule has 37 heavy (non-hydrogen) atoms. The highest BCUT2D eigenvalue weighted by atomic mass is 35.5. The van der Waals surface area contributed by atoms with Gasteiger partial charge in [0.1, 0.15) is 17.5 Å². The van der Waals surface area contributed by atoms with Gasteiger partial charge in [-0.15, -0.1) is 0 Å². The molecule has 2 atom stereocenters. The van der Waals surface area contributed by atoms with Crippen LogP contribution in [0.3, 0.4) is 0 Å². The number of hydrazone groups is 1. The molecule has 0 saturated heterocycles. The van der Waals surface area contributed by atoms with Crippen LogP contribution in [-0.4, -0.2) is 36.3 Å². The summed E-state index contributed by atoms with van der Waals surface area (Å²) < 4.78 is 11.5. The van der Waals surface area contributed by atoms with Crippen LogP contribution in [0.2, 0.25) is 10.0 Å². The van der Waals surface area contributed by atoms with Crippen LogP contribution in [0.5, 0.6) is 11.5 Å². The minimum Gasteiger partial charge on any atom is -0.490 e. The van der Waals surface area contributed by atoms with E-state index in [1.54, 1.807) is 19.1 Å². The van der Waals surface area contributed by atoms with E-state index in [2.05, 4.69) is 15.8 Å². The molecule has 194 valence electrons. The average Bonchev–Trinajstić information content (AvgIpc) is 2.86. The summed E-state index contributed by atoms with van der Waals surface area (Å²) in [5.41, 5.74) is 4.11. The highest BCUT2D eigenvalue weighted by Crippen LogP contribution is 2.28. The van der Waals surface area contributed by atoms with Crippen LogP contribution in [-0.2, 0) is 16.0 Å². The van der Waals surface area contributed by atoms with Gasteiger partial charge in [0.05, 0.1) is 17.3 Å². The number of ether oxygens (including phenoxy) is 2. The van der Waals surface area contributed by atoms with E-state index in [0.717, 1.165) is 5.56 Å². The number of hydrogen-bond acceptors (Lipinski definition) is 5. The maximum absolute atomic E-state index is 13.1. The third-order valence-corrected chi connectivity index (χ3v) is 5.67. The summed E-state index contributed by atoms with van der Waals surface area (Å²) in [4.78, 5) is 26.0. The normalized spacial score (nSPS) is 12.7. The van der Waals surface area contributed by atoms with Crippen LogP contribution < -0.4 is 20.2 Å². The number of nitrogens with one attached hydrogen (secondary N) is 2. The van der Waals surface area contributed by atoms with E-state index in [9.17, 15) is 9.59 Å². The first-order valence-electron chi connectivity index (χ1n) is 11.8. The lowest BCUT2D eigenvalue weighted by Gasteiger charge is -2.21. The maximum atomic E-state index is 13.1. The van der Waals surface area contributed by atoms with Crippen LogP contribution in [0, 0.1) is 0 Å². The van der Waals surface area contributed by atoms with Crippen molar-refractivity contribution in [3.63, 3.8) is 0 Å². The summed E-state index contributed by atoms with van der Waals surface area (Å²) in [7, 11) is 0. The number of nitrogens with zero attached hydrogens (tertiary/aromatic N) is 1. The van der Waals surface area contributed by atoms with Gasteiger partial charge >= 0.3 is 0 Å². The van der Waals surface area contributed by atoms with Crippen molar-refractivity contribution in [1.29, 1.82) is 0 Å². The predicted molar refractivity (Wildman–Crippen MR) is 147 cm³/mol. The van der Waals surface area contributed by atoms with E-state index >= 15 is 0 Å². The van der Waals surface area contributed by atoms with Crippen LogP contribution in [0.25, 0.3) is 0 Å². The van der Waals surface area contributed by atoms with Crippen LogP contribution in [0.1, 0.15) is 31.9 Å². The van der Waals surface area contributed by atoms with Crippen molar-refractivity contribution in [2.45, 2.75) is 45.4 Å². The lowest BCUT2D eigenvalue weighted by Crippen LogP contribution is -2.50. The van der Waals surface area contributed by atoms with Gasteiger partial charge in [-0.05, 0) is 56.7 Å². The number of carbonyl (C=O) groups excluding carboxylic acids is 2. The molecule has 0 unspecified atom stereocenters. The van der Waals surface area contributed by atoms with Crippen molar-refractivity contribution in [3.8, 4) is 11.5 Å². The molecule has 3 rings (SSSR count). The molecule has 9 heteroatoms. The first-order valence-corrected chi connectivity index (χ1v) is 12.5. The molecule has 0 radical (unpaired) electrons. The lowest BCUT2D eigenvalue weighted by atomic mass is 10.1. The number of hydrogen-bond donors (Lipinski definition) is 2. The number of carbonyl (C=O) groups is 2. The molecule has 0 aliphatic rings.